The van der Waals surface area contributed by atoms with Crippen LogP contribution in [0.2, 0.25) is 0 Å². The number of carbonyl (C=O) groups excluding carboxylic acids is 1. The molecule has 0 aliphatic rings. The van der Waals surface area contributed by atoms with Crippen LogP contribution in [-0.2, 0) is 11.2 Å². The van der Waals surface area contributed by atoms with Gasteiger partial charge in [-0.2, -0.15) is 13.2 Å². The Morgan fingerprint density at radius 2 is 2.00 bits per heavy atom. The normalized spacial score (nSPS) is 11.1. The van der Waals surface area contributed by atoms with Crippen molar-refractivity contribution in [3.63, 3.8) is 0 Å². The summed E-state index contributed by atoms with van der Waals surface area (Å²) in [4.78, 5) is 10.9. The predicted molar refractivity (Wildman–Crippen MR) is 60.3 cm³/mol. The number of hydrogen-bond donors (Lipinski definition) is 1. The number of rotatable bonds is 4. The van der Waals surface area contributed by atoms with E-state index in [1.54, 1.807) is 0 Å². The summed E-state index contributed by atoms with van der Waals surface area (Å²) >= 11 is 0. The zero-order valence-corrected chi connectivity index (χ0v) is 9.88. The highest BCUT2D eigenvalue weighted by atomic mass is 19.4. The summed E-state index contributed by atoms with van der Waals surface area (Å²) in [5.41, 5.74) is 2.11. The lowest BCUT2D eigenvalue weighted by Gasteiger charge is -2.09. The van der Waals surface area contributed by atoms with Gasteiger partial charge in [0.15, 0.2) is 6.61 Å². The number of alkyl carbamates (subject to hydrolysis) is 1. The fraction of sp³-hybridized carbons (Fsp3) is 0.417. The lowest BCUT2D eigenvalue weighted by Crippen LogP contribution is -2.30. The zero-order chi connectivity index (χ0) is 13.6. The third-order valence-electron chi connectivity index (χ3n) is 2.29. The number of halogens is 3. The summed E-state index contributed by atoms with van der Waals surface area (Å²) in [6, 6.07) is 7.59. The molecule has 0 aliphatic heterocycles. The molecule has 0 heterocycles. The molecule has 0 radical (unpaired) electrons. The van der Waals surface area contributed by atoms with E-state index in [0.717, 1.165) is 11.1 Å². The van der Waals surface area contributed by atoms with Crippen LogP contribution in [0.25, 0.3) is 0 Å². The third kappa shape index (κ3) is 5.56. The second-order valence-corrected chi connectivity index (χ2v) is 3.79. The summed E-state index contributed by atoms with van der Waals surface area (Å²) < 4.78 is 39.3. The van der Waals surface area contributed by atoms with Gasteiger partial charge in [0.2, 0.25) is 0 Å². The van der Waals surface area contributed by atoms with Crippen LogP contribution in [0.5, 0.6) is 0 Å². The number of hydrogen-bond acceptors (Lipinski definition) is 2. The van der Waals surface area contributed by atoms with Crippen molar-refractivity contribution in [2.45, 2.75) is 19.5 Å². The minimum absolute atomic E-state index is 0.238. The monoisotopic (exact) mass is 261 g/mol. The van der Waals surface area contributed by atoms with Gasteiger partial charge >= 0.3 is 12.3 Å². The fourth-order valence-electron chi connectivity index (χ4n) is 1.39. The Kier molecular flexibility index (Phi) is 5.00. The van der Waals surface area contributed by atoms with Crippen LogP contribution >= 0.6 is 0 Å². The fourth-order valence-corrected chi connectivity index (χ4v) is 1.39. The molecule has 1 rings (SSSR count). The minimum Gasteiger partial charge on any atom is -0.440 e. The Bertz CT molecular complexity index is 405. The molecular formula is C12H14F3NO2. The Labute approximate surface area is 103 Å². The summed E-state index contributed by atoms with van der Waals surface area (Å²) in [6.07, 6.45) is -5.00. The number of aryl methyl sites for hydroxylation is 1. The number of alkyl halides is 3. The third-order valence-corrected chi connectivity index (χ3v) is 2.29. The first-order chi connectivity index (χ1) is 8.38. The van der Waals surface area contributed by atoms with Gasteiger partial charge in [-0.25, -0.2) is 4.79 Å². The molecule has 0 spiro atoms. The smallest absolute Gasteiger partial charge is 0.422 e. The second-order valence-electron chi connectivity index (χ2n) is 3.79. The molecule has 0 aromatic heterocycles. The predicted octanol–water partition coefficient (Wildman–Crippen LogP) is 2.83. The molecule has 0 bridgehead atoms. The van der Waals surface area contributed by atoms with Gasteiger partial charge in [-0.05, 0) is 24.5 Å². The van der Waals surface area contributed by atoms with Gasteiger partial charge in [-0.3, -0.25) is 0 Å². The van der Waals surface area contributed by atoms with E-state index in [0.29, 0.717) is 6.42 Å². The van der Waals surface area contributed by atoms with Crippen molar-refractivity contribution in [2.75, 3.05) is 13.2 Å². The molecule has 0 unspecified atom stereocenters. The van der Waals surface area contributed by atoms with Crippen LogP contribution in [0.1, 0.15) is 11.1 Å². The van der Waals surface area contributed by atoms with Crippen molar-refractivity contribution >= 4 is 6.09 Å². The van der Waals surface area contributed by atoms with E-state index in [4.69, 9.17) is 0 Å². The Balaban J connectivity index is 2.26. The number of nitrogens with one attached hydrogen (secondary N) is 1. The molecule has 0 fully saturated rings. The summed E-state index contributed by atoms with van der Waals surface area (Å²) in [5, 5.41) is 2.27. The number of amides is 1. The maximum absolute atomic E-state index is 11.8. The number of ether oxygens (including phenoxy) is 1. The SMILES string of the molecule is Cc1ccccc1CCNC(=O)OCC(F)(F)F. The topological polar surface area (TPSA) is 38.3 Å². The summed E-state index contributed by atoms with van der Waals surface area (Å²) in [5.74, 6) is 0. The Morgan fingerprint density at radius 1 is 1.33 bits per heavy atom. The highest BCUT2D eigenvalue weighted by Gasteiger charge is 2.29. The first kappa shape index (κ1) is 14.3. The van der Waals surface area contributed by atoms with Crippen molar-refractivity contribution in [3.05, 3.63) is 35.4 Å². The average Bonchev–Trinajstić information content (AvgIpc) is 2.28. The van der Waals surface area contributed by atoms with E-state index in [2.05, 4.69) is 10.1 Å². The number of carbonyl (C=O) groups is 1. The van der Waals surface area contributed by atoms with Crippen LogP contribution in [0, 0.1) is 6.92 Å². The Hall–Kier alpha value is -1.72. The molecule has 0 aliphatic carbocycles. The molecule has 6 heteroatoms. The van der Waals surface area contributed by atoms with Gasteiger partial charge < -0.3 is 10.1 Å². The highest BCUT2D eigenvalue weighted by Crippen LogP contribution is 2.14. The standard InChI is InChI=1S/C12H14F3NO2/c1-9-4-2-3-5-10(9)6-7-16-11(17)18-8-12(13,14)15/h2-5H,6-8H2,1H3,(H,16,17). The molecule has 0 saturated heterocycles. The lowest BCUT2D eigenvalue weighted by atomic mass is 10.1. The zero-order valence-electron chi connectivity index (χ0n) is 9.88. The van der Waals surface area contributed by atoms with Crippen molar-refractivity contribution in [2.24, 2.45) is 0 Å². The maximum Gasteiger partial charge on any atom is 0.422 e. The van der Waals surface area contributed by atoms with Gasteiger partial charge in [0, 0.05) is 6.54 Å². The van der Waals surface area contributed by atoms with E-state index >= 15 is 0 Å². The first-order valence-electron chi connectivity index (χ1n) is 5.40. The van der Waals surface area contributed by atoms with Crippen molar-refractivity contribution in [1.29, 1.82) is 0 Å². The van der Waals surface area contributed by atoms with Crippen molar-refractivity contribution in [3.8, 4) is 0 Å². The lowest BCUT2D eigenvalue weighted by molar-refractivity contribution is -0.160. The maximum atomic E-state index is 11.8. The number of benzene rings is 1. The van der Waals surface area contributed by atoms with Crippen LogP contribution in [-0.4, -0.2) is 25.4 Å². The minimum atomic E-state index is -4.49. The molecule has 3 nitrogen and oxygen atoms in total. The molecular weight excluding hydrogens is 247 g/mol. The highest BCUT2D eigenvalue weighted by molar-refractivity contribution is 5.67. The van der Waals surface area contributed by atoms with Gasteiger partial charge in [0.1, 0.15) is 0 Å². The second kappa shape index (κ2) is 6.28. The van der Waals surface area contributed by atoms with Crippen molar-refractivity contribution in [1.82, 2.24) is 5.32 Å². The van der Waals surface area contributed by atoms with Gasteiger partial charge in [0.05, 0.1) is 0 Å². The Morgan fingerprint density at radius 3 is 2.61 bits per heavy atom. The van der Waals surface area contributed by atoms with E-state index in [-0.39, 0.29) is 6.54 Å². The first-order valence-corrected chi connectivity index (χ1v) is 5.40. The molecule has 0 atom stereocenters. The van der Waals surface area contributed by atoms with Crippen LogP contribution in [0.15, 0.2) is 24.3 Å². The van der Waals surface area contributed by atoms with Crippen LogP contribution < -0.4 is 5.32 Å². The van der Waals surface area contributed by atoms with Crippen LogP contribution in [0.4, 0.5) is 18.0 Å². The quantitative estimate of drug-likeness (QED) is 0.905. The van der Waals surface area contributed by atoms with E-state index in [1.807, 2.05) is 31.2 Å². The molecule has 0 saturated carbocycles. The van der Waals surface area contributed by atoms with E-state index in [1.165, 1.54) is 0 Å². The average molecular weight is 261 g/mol. The van der Waals surface area contributed by atoms with Crippen LogP contribution in [0.3, 0.4) is 0 Å². The summed E-state index contributed by atoms with van der Waals surface area (Å²) in [6.45, 7) is 0.599. The molecule has 100 valence electrons. The van der Waals surface area contributed by atoms with Crippen molar-refractivity contribution < 1.29 is 22.7 Å². The largest absolute Gasteiger partial charge is 0.440 e. The van der Waals surface area contributed by atoms with Gasteiger partial charge in [-0.15, -0.1) is 0 Å². The molecule has 1 amide bonds. The molecule has 1 aromatic carbocycles. The van der Waals surface area contributed by atoms with E-state index < -0.39 is 18.9 Å². The molecule has 18 heavy (non-hydrogen) atoms. The van der Waals surface area contributed by atoms with Gasteiger partial charge in [0.25, 0.3) is 0 Å². The van der Waals surface area contributed by atoms with Gasteiger partial charge in [-0.1, -0.05) is 24.3 Å². The summed E-state index contributed by atoms with van der Waals surface area (Å²) in [7, 11) is 0. The van der Waals surface area contributed by atoms with E-state index in [9.17, 15) is 18.0 Å². The molecule has 1 aromatic rings. The molecule has 1 N–H and O–H groups in total.